The van der Waals surface area contributed by atoms with Crippen molar-refractivity contribution in [2.75, 3.05) is 10.6 Å². The van der Waals surface area contributed by atoms with E-state index in [2.05, 4.69) is 36.9 Å². The minimum absolute atomic E-state index is 0.0903. The van der Waals surface area contributed by atoms with E-state index in [1.165, 1.54) is 11.3 Å². The Morgan fingerprint density at radius 2 is 2.00 bits per heavy atom. The summed E-state index contributed by atoms with van der Waals surface area (Å²) in [6.45, 7) is 1.78. The van der Waals surface area contributed by atoms with Gasteiger partial charge in [-0.3, -0.25) is 14.9 Å². The molecular formula is C18H14BrClN4O2S2. The van der Waals surface area contributed by atoms with Crippen molar-refractivity contribution in [2.24, 2.45) is 0 Å². The first-order valence-electron chi connectivity index (χ1n) is 8.13. The summed E-state index contributed by atoms with van der Waals surface area (Å²) in [5.74, 6) is -0.500. The number of carbonyl (C=O) groups is 2. The number of benzene rings is 2. The molecule has 0 unspecified atom stereocenters. The van der Waals surface area contributed by atoms with Crippen LogP contribution in [0.25, 0.3) is 10.2 Å². The quantitative estimate of drug-likeness (QED) is 0.432. The van der Waals surface area contributed by atoms with Crippen LogP contribution in [0.15, 0.2) is 40.9 Å². The van der Waals surface area contributed by atoms with Gasteiger partial charge in [-0.2, -0.15) is 0 Å². The second-order valence-corrected chi connectivity index (χ2v) is 8.40. The number of thiazole rings is 1. The molecule has 28 heavy (non-hydrogen) atoms. The van der Waals surface area contributed by atoms with Crippen LogP contribution >= 0.6 is 51.1 Å². The molecule has 3 aromatic rings. The van der Waals surface area contributed by atoms with E-state index in [4.69, 9.17) is 23.8 Å². The van der Waals surface area contributed by atoms with Crippen LogP contribution in [0.4, 0.5) is 10.8 Å². The number of hydrogen-bond donors (Lipinski definition) is 3. The van der Waals surface area contributed by atoms with Crippen molar-refractivity contribution in [1.29, 1.82) is 0 Å². The number of amides is 2. The van der Waals surface area contributed by atoms with Crippen LogP contribution in [0, 0.1) is 0 Å². The molecule has 144 valence electrons. The Bertz CT molecular complexity index is 1090. The van der Waals surface area contributed by atoms with Crippen LogP contribution in [0.1, 0.15) is 23.7 Å². The van der Waals surface area contributed by atoms with Crippen molar-refractivity contribution in [3.63, 3.8) is 0 Å². The molecule has 2 amide bonds. The largest absolute Gasteiger partial charge is 0.332 e. The van der Waals surface area contributed by atoms with E-state index < -0.39 is 5.91 Å². The van der Waals surface area contributed by atoms with Gasteiger partial charge in [0.1, 0.15) is 0 Å². The monoisotopic (exact) mass is 496 g/mol. The molecular weight excluding hydrogens is 484 g/mol. The van der Waals surface area contributed by atoms with E-state index in [0.29, 0.717) is 27.8 Å². The van der Waals surface area contributed by atoms with Crippen molar-refractivity contribution in [1.82, 2.24) is 10.3 Å². The molecule has 0 atom stereocenters. The number of anilines is 2. The van der Waals surface area contributed by atoms with E-state index in [-0.39, 0.29) is 11.0 Å². The molecule has 0 spiro atoms. The highest BCUT2D eigenvalue weighted by Gasteiger charge is 2.13. The molecule has 0 radical (unpaired) electrons. The molecule has 2 aromatic carbocycles. The number of nitrogens with zero attached hydrogens (tertiary/aromatic N) is 1. The Hall–Kier alpha value is -2.07. The zero-order valence-corrected chi connectivity index (χ0v) is 18.5. The lowest BCUT2D eigenvalue weighted by Gasteiger charge is -2.10. The van der Waals surface area contributed by atoms with E-state index in [0.717, 1.165) is 14.7 Å². The zero-order chi connectivity index (χ0) is 20.3. The van der Waals surface area contributed by atoms with Crippen molar-refractivity contribution in [3.8, 4) is 0 Å². The summed E-state index contributed by atoms with van der Waals surface area (Å²) in [5, 5.41) is 9.33. The predicted octanol–water partition coefficient (Wildman–Crippen LogP) is 5.19. The Labute approximate surface area is 183 Å². The summed E-state index contributed by atoms with van der Waals surface area (Å²) in [4.78, 5) is 28.2. The van der Waals surface area contributed by atoms with Gasteiger partial charge < -0.3 is 10.6 Å². The van der Waals surface area contributed by atoms with Crippen LogP contribution in [0.2, 0.25) is 5.02 Å². The summed E-state index contributed by atoms with van der Waals surface area (Å²) in [6, 6.07) is 10.4. The third-order valence-electron chi connectivity index (χ3n) is 3.61. The maximum absolute atomic E-state index is 12.4. The van der Waals surface area contributed by atoms with Crippen molar-refractivity contribution in [2.45, 2.75) is 13.3 Å². The first kappa shape index (κ1) is 20.7. The SMILES string of the molecule is CCC(=O)Nc1nc2ccc(NC(=S)NC(=O)c3cc(Br)ccc3Cl)cc2s1. The normalized spacial score (nSPS) is 10.5. The van der Waals surface area contributed by atoms with E-state index in [1.54, 1.807) is 31.2 Å². The van der Waals surface area contributed by atoms with E-state index in [9.17, 15) is 9.59 Å². The van der Waals surface area contributed by atoms with Gasteiger partial charge in [0.05, 0.1) is 20.8 Å². The van der Waals surface area contributed by atoms with Crippen LogP contribution in [-0.4, -0.2) is 21.9 Å². The molecule has 0 aliphatic heterocycles. The Balaban J connectivity index is 1.69. The molecule has 3 rings (SSSR count). The number of rotatable bonds is 4. The molecule has 0 aliphatic rings. The number of fused-ring (bicyclic) bond motifs is 1. The molecule has 0 bridgehead atoms. The van der Waals surface area contributed by atoms with Crippen LogP contribution in [-0.2, 0) is 4.79 Å². The smallest absolute Gasteiger partial charge is 0.258 e. The van der Waals surface area contributed by atoms with Gasteiger partial charge >= 0.3 is 0 Å². The Morgan fingerprint density at radius 3 is 2.75 bits per heavy atom. The van der Waals surface area contributed by atoms with E-state index >= 15 is 0 Å². The second kappa shape index (κ2) is 8.95. The fraction of sp³-hybridized carbons (Fsp3) is 0.111. The minimum atomic E-state index is -0.410. The molecule has 6 nitrogen and oxygen atoms in total. The Morgan fingerprint density at radius 1 is 1.21 bits per heavy atom. The van der Waals surface area contributed by atoms with Crippen molar-refractivity contribution in [3.05, 3.63) is 51.5 Å². The lowest BCUT2D eigenvalue weighted by atomic mass is 10.2. The molecule has 1 heterocycles. The minimum Gasteiger partial charge on any atom is -0.332 e. The van der Waals surface area contributed by atoms with Gasteiger partial charge in [0, 0.05) is 16.6 Å². The van der Waals surface area contributed by atoms with Gasteiger partial charge in [0.25, 0.3) is 5.91 Å². The highest BCUT2D eigenvalue weighted by Crippen LogP contribution is 2.28. The highest BCUT2D eigenvalue weighted by atomic mass is 79.9. The van der Waals surface area contributed by atoms with Gasteiger partial charge in [0.2, 0.25) is 5.91 Å². The van der Waals surface area contributed by atoms with Gasteiger partial charge in [-0.25, -0.2) is 4.98 Å². The molecule has 0 saturated heterocycles. The molecule has 1 aromatic heterocycles. The fourth-order valence-corrected chi connectivity index (χ4v) is 3.96. The van der Waals surface area contributed by atoms with Gasteiger partial charge in [0.15, 0.2) is 10.2 Å². The topological polar surface area (TPSA) is 83.1 Å². The number of hydrogen-bond acceptors (Lipinski definition) is 5. The standard InChI is InChI=1S/C18H14BrClN4O2S2/c1-2-15(25)23-18-22-13-6-4-10(8-14(13)28-18)21-17(27)24-16(26)11-7-9(19)3-5-12(11)20/h3-8H,2H2,1H3,(H,22,23,25)(H2,21,24,26,27). The summed E-state index contributed by atoms with van der Waals surface area (Å²) < 4.78 is 1.61. The molecule has 0 aliphatic carbocycles. The Kier molecular flexibility index (Phi) is 6.61. The van der Waals surface area contributed by atoms with Gasteiger partial charge in [-0.05, 0) is 48.6 Å². The number of aromatic nitrogens is 1. The molecule has 0 saturated carbocycles. The second-order valence-electron chi connectivity index (χ2n) is 5.64. The van der Waals surface area contributed by atoms with Crippen LogP contribution in [0.3, 0.4) is 0 Å². The van der Waals surface area contributed by atoms with Crippen molar-refractivity contribution < 1.29 is 9.59 Å². The lowest BCUT2D eigenvalue weighted by Crippen LogP contribution is -2.34. The third kappa shape index (κ3) is 5.05. The maximum Gasteiger partial charge on any atom is 0.258 e. The third-order valence-corrected chi connectivity index (χ3v) is 5.57. The first-order chi connectivity index (χ1) is 13.4. The maximum atomic E-state index is 12.4. The van der Waals surface area contributed by atoms with E-state index in [1.807, 2.05) is 12.1 Å². The highest BCUT2D eigenvalue weighted by molar-refractivity contribution is 9.10. The molecule has 0 fully saturated rings. The molecule has 10 heteroatoms. The van der Waals surface area contributed by atoms with Gasteiger partial charge in [-0.15, -0.1) is 0 Å². The lowest BCUT2D eigenvalue weighted by molar-refractivity contribution is -0.115. The summed E-state index contributed by atoms with van der Waals surface area (Å²) in [7, 11) is 0. The average Bonchev–Trinajstić information content (AvgIpc) is 3.04. The summed E-state index contributed by atoms with van der Waals surface area (Å²) >= 11 is 16.0. The average molecular weight is 498 g/mol. The predicted molar refractivity (Wildman–Crippen MR) is 121 cm³/mol. The van der Waals surface area contributed by atoms with Crippen LogP contribution < -0.4 is 16.0 Å². The van der Waals surface area contributed by atoms with Crippen molar-refractivity contribution >= 4 is 89.0 Å². The molecule has 3 N–H and O–H groups in total. The number of thiocarbonyl (C=S) groups is 1. The zero-order valence-electron chi connectivity index (χ0n) is 14.5. The number of halogens is 2. The first-order valence-corrected chi connectivity index (χ1v) is 10.5. The number of carbonyl (C=O) groups excluding carboxylic acids is 2. The summed E-state index contributed by atoms with van der Waals surface area (Å²) in [6.07, 6.45) is 0.388. The fourth-order valence-electron chi connectivity index (χ4n) is 2.27. The van der Waals surface area contributed by atoms with Gasteiger partial charge in [-0.1, -0.05) is 45.8 Å². The summed E-state index contributed by atoms with van der Waals surface area (Å²) in [5.41, 5.74) is 1.77. The van der Waals surface area contributed by atoms with Crippen LogP contribution in [0.5, 0.6) is 0 Å². The number of nitrogens with one attached hydrogen (secondary N) is 3.